The summed E-state index contributed by atoms with van der Waals surface area (Å²) in [4.78, 5) is 27.0. The zero-order valence-corrected chi connectivity index (χ0v) is 17.9. The van der Waals surface area contributed by atoms with Crippen LogP contribution in [0.15, 0.2) is 47.2 Å². The molecule has 1 aromatic carbocycles. The molecular weight excluding hydrogens is 408 g/mol. The highest BCUT2D eigenvalue weighted by Gasteiger charge is 2.34. The summed E-state index contributed by atoms with van der Waals surface area (Å²) >= 11 is 6.05. The lowest BCUT2D eigenvalue weighted by atomic mass is 9.96. The zero-order chi connectivity index (χ0) is 21.7. The van der Waals surface area contributed by atoms with E-state index in [4.69, 9.17) is 26.3 Å². The van der Waals surface area contributed by atoms with Crippen molar-refractivity contribution in [2.45, 2.75) is 32.7 Å². The van der Waals surface area contributed by atoms with Gasteiger partial charge >= 0.3 is 0 Å². The van der Waals surface area contributed by atoms with Crippen LogP contribution in [0.25, 0.3) is 0 Å². The highest BCUT2D eigenvalue weighted by molar-refractivity contribution is 6.30. The van der Waals surface area contributed by atoms with Crippen LogP contribution in [0.2, 0.25) is 5.02 Å². The third kappa shape index (κ3) is 5.22. The highest BCUT2D eigenvalue weighted by atomic mass is 35.5. The first-order valence-corrected chi connectivity index (χ1v) is 10.4. The predicted octanol–water partition coefficient (Wildman–Crippen LogP) is 3.39. The number of hydroxylamine groups is 1. The monoisotopic (exact) mass is 434 g/mol. The fourth-order valence-corrected chi connectivity index (χ4v) is 3.84. The minimum atomic E-state index is -0.604. The second kappa shape index (κ2) is 10.1. The number of carbonyl (C=O) groups is 2. The topological polar surface area (TPSA) is 88.1 Å². The van der Waals surface area contributed by atoms with Crippen molar-refractivity contribution < 1.29 is 24.3 Å². The highest BCUT2D eigenvalue weighted by Crippen LogP contribution is 2.32. The Hall–Kier alpha value is -2.35. The Labute approximate surface area is 181 Å². The molecule has 162 valence electrons. The van der Waals surface area contributed by atoms with Crippen LogP contribution in [0.4, 0.5) is 0 Å². The number of benzene rings is 1. The zero-order valence-electron chi connectivity index (χ0n) is 17.2. The summed E-state index contributed by atoms with van der Waals surface area (Å²) in [5, 5.41) is 9.48. The number of amides is 2. The van der Waals surface area contributed by atoms with Crippen LogP contribution in [0.3, 0.4) is 0 Å². The van der Waals surface area contributed by atoms with Gasteiger partial charge in [-0.2, -0.15) is 0 Å². The van der Waals surface area contributed by atoms with Gasteiger partial charge in [-0.15, -0.1) is 0 Å². The molecule has 2 N–H and O–H groups in total. The van der Waals surface area contributed by atoms with Gasteiger partial charge in [0, 0.05) is 36.3 Å². The van der Waals surface area contributed by atoms with Crippen LogP contribution in [-0.2, 0) is 19.1 Å². The average Bonchev–Trinajstić information content (AvgIpc) is 2.93. The number of ether oxygens (including phenoxy) is 2. The van der Waals surface area contributed by atoms with E-state index in [9.17, 15) is 9.59 Å². The van der Waals surface area contributed by atoms with Gasteiger partial charge in [0.25, 0.3) is 5.91 Å². The third-order valence-corrected chi connectivity index (χ3v) is 5.77. The van der Waals surface area contributed by atoms with E-state index >= 15 is 0 Å². The number of carbonyl (C=O) groups excluding carboxylic acids is 2. The number of hydrogen-bond acceptors (Lipinski definition) is 5. The molecule has 0 spiro atoms. The second-order valence-corrected chi connectivity index (χ2v) is 8.08. The van der Waals surface area contributed by atoms with Crippen molar-refractivity contribution in [3.63, 3.8) is 0 Å². The van der Waals surface area contributed by atoms with Crippen molar-refractivity contribution >= 4 is 23.4 Å². The molecule has 3 rings (SSSR count). The molecule has 8 heteroatoms. The van der Waals surface area contributed by atoms with E-state index in [2.05, 4.69) is 0 Å². The maximum atomic E-state index is 13.4. The molecule has 0 unspecified atom stereocenters. The van der Waals surface area contributed by atoms with E-state index in [0.29, 0.717) is 49.0 Å². The van der Waals surface area contributed by atoms with Gasteiger partial charge in [-0.1, -0.05) is 23.7 Å². The molecule has 0 aromatic heterocycles. The van der Waals surface area contributed by atoms with Crippen molar-refractivity contribution in [3.8, 4) is 0 Å². The largest absolute Gasteiger partial charge is 0.491 e. The quantitative estimate of drug-likeness (QED) is 0.431. The summed E-state index contributed by atoms with van der Waals surface area (Å²) in [5.41, 5.74) is 3.69. The van der Waals surface area contributed by atoms with Gasteiger partial charge in [-0.25, -0.2) is 5.48 Å². The van der Waals surface area contributed by atoms with Crippen molar-refractivity contribution in [2.24, 2.45) is 5.92 Å². The van der Waals surface area contributed by atoms with Gasteiger partial charge in [0.1, 0.15) is 12.4 Å². The van der Waals surface area contributed by atoms with Crippen LogP contribution < -0.4 is 5.48 Å². The van der Waals surface area contributed by atoms with Gasteiger partial charge in [-0.3, -0.25) is 14.8 Å². The number of halogens is 1. The number of allylic oxidation sites excluding steroid dienone is 1. The van der Waals surface area contributed by atoms with E-state index in [1.165, 1.54) is 0 Å². The fourth-order valence-electron chi connectivity index (χ4n) is 3.71. The number of rotatable bonds is 4. The standard InChI is InChI=1S/C22H27ClN2O5/c1-14(21(26)24-28)11-20-15(2)12-25(22(27)17-7-9-29-10-8-17)19(13-30-20)16-3-5-18(23)6-4-16/h3-6,11,17,19,28H,7-10,12-13H2,1-2H3,(H,24,26)/b14-11+/t19-/m1/s1. The van der Waals surface area contributed by atoms with Gasteiger partial charge in [0.05, 0.1) is 6.04 Å². The van der Waals surface area contributed by atoms with Crippen molar-refractivity contribution in [1.82, 2.24) is 10.4 Å². The summed E-state index contributed by atoms with van der Waals surface area (Å²) in [7, 11) is 0. The molecule has 0 aliphatic carbocycles. The minimum Gasteiger partial charge on any atom is -0.491 e. The van der Waals surface area contributed by atoms with Gasteiger partial charge in [-0.05, 0) is 56.0 Å². The molecule has 2 amide bonds. The Balaban J connectivity index is 1.93. The van der Waals surface area contributed by atoms with Crippen LogP contribution >= 0.6 is 11.6 Å². The van der Waals surface area contributed by atoms with Gasteiger partial charge < -0.3 is 14.4 Å². The molecule has 1 fully saturated rings. The van der Waals surface area contributed by atoms with Crippen molar-refractivity contribution in [2.75, 3.05) is 26.4 Å². The number of hydrogen-bond donors (Lipinski definition) is 2. The molecule has 0 bridgehead atoms. The third-order valence-electron chi connectivity index (χ3n) is 5.52. The summed E-state index contributed by atoms with van der Waals surface area (Å²) < 4.78 is 11.5. The van der Waals surface area contributed by atoms with Crippen LogP contribution in [0.5, 0.6) is 0 Å². The smallest absolute Gasteiger partial charge is 0.270 e. The number of nitrogens with zero attached hydrogens (tertiary/aromatic N) is 1. The summed E-state index contributed by atoms with van der Waals surface area (Å²) in [6.07, 6.45) is 2.99. The first-order chi connectivity index (χ1) is 14.4. The molecule has 0 radical (unpaired) electrons. The maximum absolute atomic E-state index is 13.4. The second-order valence-electron chi connectivity index (χ2n) is 7.64. The lowest BCUT2D eigenvalue weighted by Crippen LogP contribution is -2.42. The molecule has 1 saturated heterocycles. The molecule has 2 heterocycles. The van der Waals surface area contributed by atoms with E-state index in [-0.39, 0.29) is 24.5 Å². The van der Waals surface area contributed by atoms with Gasteiger partial charge in [0.2, 0.25) is 5.91 Å². The summed E-state index contributed by atoms with van der Waals surface area (Å²) in [6, 6.07) is 7.12. The average molecular weight is 435 g/mol. The molecule has 30 heavy (non-hydrogen) atoms. The van der Waals surface area contributed by atoms with E-state index in [0.717, 1.165) is 11.1 Å². The van der Waals surface area contributed by atoms with Gasteiger partial charge in [0.15, 0.2) is 0 Å². The molecule has 1 aromatic rings. The van der Waals surface area contributed by atoms with Crippen LogP contribution in [0, 0.1) is 5.92 Å². The van der Waals surface area contributed by atoms with Crippen molar-refractivity contribution in [3.05, 3.63) is 57.8 Å². The molecule has 2 aliphatic heterocycles. The molecule has 0 saturated carbocycles. The Morgan fingerprint density at radius 3 is 2.53 bits per heavy atom. The van der Waals surface area contributed by atoms with E-state index in [1.54, 1.807) is 30.6 Å². The lowest BCUT2D eigenvalue weighted by molar-refractivity contribution is -0.141. The Morgan fingerprint density at radius 1 is 1.23 bits per heavy atom. The molecule has 1 atom stereocenters. The summed E-state index contributed by atoms with van der Waals surface area (Å²) in [6.45, 7) is 5.26. The summed E-state index contributed by atoms with van der Waals surface area (Å²) in [5.74, 6) is -0.0820. The first-order valence-electron chi connectivity index (χ1n) is 9.99. The van der Waals surface area contributed by atoms with Crippen molar-refractivity contribution in [1.29, 1.82) is 0 Å². The normalized spacial score (nSPS) is 21.1. The van der Waals surface area contributed by atoms with E-state index in [1.807, 2.05) is 24.0 Å². The minimum absolute atomic E-state index is 0.0799. The Kier molecular flexibility index (Phi) is 7.53. The van der Waals surface area contributed by atoms with Crippen LogP contribution in [0.1, 0.15) is 38.3 Å². The number of nitrogens with one attached hydrogen (secondary N) is 1. The molecule has 2 aliphatic rings. The lowest BCUT2D eigenvalue weighted by Gasteiger charge is -2.34. The molecule has 7 nitrogen and oxygen atoms in total. The predicted molar refractivity (Wildman–Crippen MR) is 112 cm³/mol. The maximum Gasteiger partial charge on any atom is 0.270 e. The SMILES string of the molecule is CC1=C(/C=C(\C)C(=O)NO)OC[C@H](c2ccc(Cl)cc2)N(C(=O)C2CCOCC2)C1. The first kappa shape index (κ1) is 22.3. The Morgan fingerprint density at radius 2 is 1.90 bits per heavy atom. The molecular formula is C22H27ClN2O5. The van der Waals surface area contributed by atoms with E-state index < -0.39 is 5.91 Å². The van der Waals surface area contributed by atoms with Crippen LogP contribution in [-0.4, -0.2) is 48.3 Å². The fraction of sp³-hybridized carbons (Fsp3) is 0.455. The Bertz CT molecular complexity index is 844.